The third-order valence-electron chi connectivity index (χ3n) is 4.79. The zero-order chi connectivity index (χ0) is 20.1. The summed E-state index contributed by atoms with van der Waals surface area (Å²) in [5, 5.41) is 5.20. The Balaban J connectivity index is 1.72. The van der Waals surface area contributed by atoms with E-state index in [2.05, 4.69) is 5.32 Å². The number of fused-ring (bicyclic) bond motifs is 1. The number of hydrogen-bond acceptors (Lipinski definition) is 2. The van der Waals surface area contributed by atoms with Crippen molar-refractivity contribution in [3.8, 4) is 5.75 Å². The molecule has 0 aliphatic carbocycles. The van der Waals surface area contributed by atoms with Gasteiger partial charge in [0.2, 0.25) is 0 Å². The molecule has 0 aliphatic rings. The van der Waals surface area contributed by atoms with Crippen molar-refractivity contribution in [2.75, 3.05) is 12.4 Å². The Bertz CT molecular complexity index is 1160. The first kappa shape index (κ1) is 18.5. The number of methoxy groups -OCH3 is 1. The molecule has 142 valence electrons. The topological polar surface area (TPSA) is 38.3 Å². The molecule has 3 heteroatoms. The first-order chi connectivity index (χ1) is 14.2. The van der Waals surface area contributed by atoms with Gasteiger partial charge in [-0.05, 0) is 40.8 Å². The Kier molecular flexibility index (Phi) is 5.39. The summed E-state index contributed by atoms with van der Waals surface area (Å²) in [7, 11) is 1.64. The number of nitrogens with one attached hydrogen (secondary N) is 1. The Morgan fingerprint density at radius 1 is 0.793 bits per heavy atom. The zero-order valence-corrected chi connectivity index (χ0v) is 16.1. The van der Waals surface area contributed by atoms with Crippen molar-refractivity contribution in [1.29, 1.82) is 0 Å². The highest BCUT2D eigenvalue weighted by Gasteiger charge is 2.14. The van der Waals surface area contributed by atoms with Gasteiger partial charge >= 0.3 is 0 Å². The van der Waals surface area contributed by atoms with Crippen LogP contribution in [-0.4, -0.2) is 13.0 Å². The molecule has 4 rings (SSSR count). The molecule has 1 amide bonds. The Labute approximate surface area is 170 Å². The van der Waals surface area contributed by atoms with Crippen LogP contribution in [0.25, 0.3) is 22.4 Å². The van der Waals surface area contributed by atoms with E-state index in [1.165, 1.54) is 0 Å². The SMILES string of the molecule is COc1ccc(/C=C(\C(=O)Nc2cccc3ccccc23)c2ccccc2)cc1. The maximum absolute atomic E-state index is 13.3. The maximum atomic E-state index is 13.3. The van der Waals surface area contributed by atoms with E-state index in [0.717, 1.165) is 33.3 Å². The van der Waals surface area contributed by atoms with Gasteiger partial charge in [0.15, 0.2) is 0 Å². The molecule has 0 fully saturated rings. The molecule has 0 aromatic heterocycles. The lowest BCUT2D eigenvalue weighted by Gasteiger charge is -2.12. The van der Waals surface area contributed by atoms with Crippen LogP contribution in [0.4, 0.5) is 5.69 Å². The maximum Gasteiger partial charge on any atom is 0.256 e. The number of carbonyl (C=O) groups excluding carboxylic acids is 1. The fourth-order valence-corrected chi connectivity index (χ4v) is 3.29. The zero-order valence-electron chi connectivity index (χ0n) is 16.1. The summed E-state index contributed by atoms with van der Waals surface area (Å²) in [5.74, 6) is 0.631. The first-order valence-electron chi connectivity index (χ1n) is 9.45. The second-order valence-corrected chi connectivity index (χ2v) is 6.68. The summed E-state index contributed by atoms with van der Waals surface area (Å²) in [5.41, 5.74) is 3.19. The van der Waals surface area contributed by atoms with Crippen LogP contribution in [0.15, 0.2) is 97.1 Å². The lowest BCUT2D eigenvalue weighted by atomic mass is 10.0. The molecule has 0 heterocycles. The summed E-state index contributed by atoms with van der Waals surface area (Å²) in [6.45, 7) is 0. The molecule has 0 radical (unpaired) electrons. The van der Waals surface area contributed by atoms with Crippen LogP contribution in [0.3, 0.4) is 0 Å². The molecule has 4 aromatic carbocycles. The molecule has 0 spiro atoms. The second-order valence-electron chi connectivity index (χ2n) is 6.68. The minimum absolute atomic E-state index is 0.150. The quantitative estimate of drug-likeness (QED) is 0.340. The number of amides is 1. The fraction of sp³-hybridized carbons (Fsp3) is 0.0385. The smallest absolute Gasteiger partial charge is 0.256 e. The molecule has 0 saturated heterocycles. The van der Waals surface area contributed by atoms with Crippen LogP contribution >= 0.6 is 0 Å². The van der Waals surface area contributed by atoms with Gasteiger partial charge in [-0.1, -0.05) is 78.9 Å². The van der Waals surface area contributed by atoms with Gasteiger partial charge in [-0.25, -0.2) is 0 Å². The van der Waals surface area contributed by atoms with Crippen LogP contribution in [-0.2, 0) is 4.79 Å². The van der Waals surface area contributed by atoms with Gasteiger partial charge in [-0.3, -0.25) is 4.79 Å². The lowest BCUT2D eigenvalue weighted by Crippen LogP contribution is -2.14. The van der Waals surface area contributed by atoms with E-state index >= 15 is 0 Å². The first-order valence-corrected chi connectivity index (χ1v) is 9.45. The Morgan fingerprint density at radius 3 is 2.24 bits per heavy atom. The van der Waals surface area contributed by atoms with Crippen molar-refractivity contribution in [3.63, 3.8) is 0 Å². The molecule has 1 N–H and O–H groups in total. The summed E-state index contributed by atoms with van der Waals surface area (Å²) >= 11 is 0. The summed E-state index contributed by atoms with van der Waals surface area (Å²) in [6, 6.07) is 31.3. The standard InChI is InChI=1S/C26H21NO2/c1-29-22-16-14-19(15-17-22)18-24(21-8-3-2-4-9-21)26(28)27-25-13-7-11-20-10-5-6-12-23(20)25/h2-18H,1H3,(H,27,28)/b24-18-. The monoisotopic (exact) mass is 379 g/mol. The second kappa shape index (κ2) is 8.44. The van der Waals surface area contributed by atoms with Gasteiger partial charge in [-0.15, -0.1) is 0 Å². The highest BCUT2D eigenvalue weighted by Crippen LogP contribution is 2.26. The summed E-state index contributed by atoms with van der Waals surface area (Å²) in [6.07, 6.45) is 1.90. The van der Waals surface area contributed by atoms with Gasteiger partial charge in [0.05, 0.1) is 7.11 Å². The number of carbonyl (C=O) groups is 1. The highest BCUT2D eigenvalue weighted by molar-refractivity contribution is 6.30. The molecule has 0 aliphatic heterocycles. The third kappa shape index (κ3) is 4.19. The van der Waals surface area contributed by atoms with E-state index in [1.54, 1.807) is 7.11 Å². The Morgan fingerprint density at radius 2 is 1.48 bits per heavy atom. The Hall–Kier alpha value is -3.85. The lowest BCUT2D eigenvalue weighted by molar-refractivity contribution is -0.111. The van der Waals surface area contributed by atoms with E-state index in [0.29, 0.717) is 5.57 Å². The van der Waals surface area contributed by atoms with Gasteiger partial charge in [0.25, 0.3) is 5.91 Å². The molecule has 0 saturated carbocycles. The van der Waals surface area contributed by atoms with E-state index in [1.807, 2.05) is 103 Å². The number of rotatable bonds is 5. The van der Waals surface area contributed by atoms with E-state index in [9.17, 15) is 4.79 Å². The highest BCUT2D eigenvalue weighted by atomic mass is 16.5. The minimum Gasteiger partial charge on any atom is -0.497 e. The minimum atomic E-state index is -0.150. The van der Waals surface area contributed by atoms with Crippen LogP contribution in [0.1, 0.15) is 11.1 Å². The van der Waals surface area contributed by atoms with E-state index in [-0.39, 0.29) is 5.91 Å². The van der Waals surface area contributed by atoms with Gasteiger partial charge in [0, 0.05) is 16.6 Å². The molecule has 3 nitrogen and oxygen atoms in total. The van der Waals surface area contributed by atoms with Crippen molar-refractivity contribution in [3.05, 3.63) is 108 Å². The predicted octanol–water partition coefficient (Wildman–Crippen LogP) is 6.03. The number of benzene rings is 4. The van der Waals surface area contributed by atoms with Gasteiger partial charge < -0.3 is 10.1 Å². The third-order valence-corrected chi connectivity index (χ3v) is 4.79. The number of ether oxygens (including phenoxy) is 1. The van der Waals surface area contributed by atoms with Crippen LogP contribution in [0.5, 0.6) is 5.75 Å². The number of hydrogen-bond donors (Lipinski definition) is 1. The normalized spacial score (nSPS) is 11.3. The van der Waals surface area contributed by atoms with E-state index in [4.69, 9.17) is 4.74 Å². The van der Waals surface area contributed by atoms with Crippen LogP contribution in [0.2, 0.25) is 0 Å². The average molecular weight is 379 g/mol. The predicted molar refractivity (Wildman–Crippen MR) is 120 cm³/mol. The molecular weight excluding hydrogens is 358 g/mol. The fourth-order valence-electron chi connectivity index (χ4n) is 3.29. The molecular formula is C26H21NO2. The van der Waals surface area contributed by atoms with Crippen molar-refractivity contribution in [2.45, 2.75) is 0 Å². The van der Waals surface area contributed by atoms with Gasteiger partial charge in [0.1, 0.15) is 5.75 Å². The van der Waals surface area contributed by atoms with Crippen molar-refractivity contribution >= 4 is 34.0 Å². The van der Waals surface area contributed by atoms with E-state index < -0.39 is 0 Å². The van der Waals surface area contributed by atoms with Crippen LogP contribution in [0, 0.1) is 0 Å². The van der Waals surface area contributed by atoms with Crippen molar-refractivity contribution in [2.24, 2.45) is 0 Å². The number of anilines is 1. The van der Waals surface area contributed by atoms with Crippen molar-refractivity contribution < 1.29 is 9.53 Å². The average Bonchev–Trinajstić information content (AvgIpc) is 2.78. The largest absolute Gasteiger partial charge is 0.497 e. The van der Waals surface area contributed by atoms with Crippen molar-refractivity contribution in [1.82, 2.24) is 0 Å². The molecule has 29 heavy (non-hydrogen) atoms. The molecule has 0 bridgehead atoms. The molecule has 4 aromatic rings. The summed E-state index contributed by atoms with van der Waals surface area (Å²) < 4.78 is 5.23. The van der Waals surface area contributed by atoms with Gasteiger partial charge in [-0.2, -0.15) is 0 Å². The summed E-state index contributed by atoms with van der Waals surface area (Å²) in [4.78, 5) is 13.3. The molecule has 0 unspecified atom stereocenters. The molecule has 0 atom stereocenters. The van der Waals surface area contributed by atoms with Crippen LogP contribution < -0.4 is 10.1 Å².